The molecule has 0 aliphatic carbocycles. The molecule has 0 aliphatic rings. The van der Waals surface area contributed by atoms with Gasteiger partial charge in [0, 0.05) is 32.0 Å². The number of alkyl halides is 6. The number of hydrogen-bond acceptors (Lipinski definition) is 0. The second kappa shape index (κ2) is 9.98. The van der Waals surface area contributed by atoms with Gasteiger partial charge in [0.1, 0.15) is 0 Å². The fourth-order valence-electron chi connectivity index (χ4n) is 2.30. The standard InChI is InChI=1S/C13H14Br6/c14-2-1-8-9(3-15)11(5-17)13(7-19)12(6-18)10(8)4-16/h1-7H2. The molecule has 0 N–H and O–H groups in total. The van der Waals surface area contributed by atoms with Crippen molar-refractivity contribution < 1.29 is 0 Å². The zero-order valence-electron chi connectivity index (χ0n) is 10.2. The van der Waals surface area contributed by atoms with Gasteiger partial charge in [0.05, 0.1) is 0 Å². The van der Waals surface area contributed by atoms with Crippen molar-refractivity contribution in [1.29, 1.82) is 0 Å². The summed E-state index contributed by atoms with van der Waals surface area (Å²) in [5, 5.41) is 5.48. The molecule has 1 aromatic rings. The molecule has 1 rings (SSSR count). The maximum absolute atomic E-state index is 3.66. The molecule has 0 amide bonds. The smallest absolute Gasteiger partial charge is 0.0289 e. The molecule has 108 valence electrons. The Morgan fingerprint density at radius 3 is 0.895 bits per heavy atom. The zero-order chi connectivity index (χ0) is 14.4. The predicted octanol–water partition coefficient (Wildman–Crippen LogP) is 7.10. The van der Waals surface area contributed by atoms with E-state index < -0.39 is 0 Å². The van der Waals surface area contributed by atoms with Crippen molar-refractivity contribution in [3.63, 3.8) is 0 Å². The van der Waals surface area contributed by atoms with Gasteiger partial charge in [-0.3, -0.25) is 0 Å². The fraction of sp³-hybridized carbons (Fsp3) is 0.538. The average molecular weight is 650 g/mol. The molecular weight excluding hydrogens is 636 g/mol. The highest BCUT2D eigenvalue weighted by Crippen LogP contribution is 2.35. The van der Waals surface area contributed by atoms with Crippen molar-refractivity contribution in [3.8, 4) is 0 Å². The first-order valence-electron chi connectivity index (χ1n) is 5.72. The molecule has 0 unspecified atom stereocenters. The van der Waals surface area contributed by atoms with Crippen LogP contribution in [0.4, 0.5) is 0 Å². The second-order valence-corrected chi connectivity index (χ2v) is 7.58. The van der Waals surface area contributed by atoms with Crippen LogP contribution in [0.25, 0.3) is 0 Å². The van der Waals surface area contributed by atoms with Gasteiger partial charge in [-0.25, -0.2) is 0 Å². The molecule has 1 aromatic carbocycles. The van der Waals surface area contributed by atoms with Crippen molar-refractivity contribution in [2.75, 3.05) is 5.33 Å². The molecule has 19 heavy (non-hydrogen) atoms. The highest BCUT2D eigenvalue weighted by molar-refractivity contribution is 9.09. The van der Waals surface area contributed by atoms with E-state index in [0.717, 1.165) is 38.4 Å². The lowest BCUT2D eigenvalue weighted by Gasteiger charge is -2.23. The van der Waals surface area contributed by atoms with E-state index in [1.165, 1.54) is 33.4 Å². The molecule has 0 bridgehead atoms. The third kappa shape index (κ3) is 4.31. The van der Waals surface area contributed by atoms with Gasteiger partial charge in [0.15, 0.2) is 0 Å². The van der Waals surface area contributed by atoms with Crippen molar-refractivity contribution in [1.82, 2.24) is 0 Å². The zero-order valence-corrected chi connectivity index (χ0v) is 19.7. The monoisotopic (exact) mass is 644 g/mol. The molecule has 0 atom stereocenters. The highest BCUT2D eigenvalue weighted by atomic mass is 79.9. The summed E-state index contributed by atoms with van der Waals surface area (Å²) < 4.78 is 0. The molecule has 0 fully saturated rings. The van der Waals surface area contributed by atoms with Gasteiger partial charge in [-0.05, 0) is 39.8 Å². The van der Waals surface area contributed by atoms with E-state index in [0.29, 0.717) is 0 Å². The van der Waals surface area contributed by atoms with E-state index in [4.69, 9.17) is 0 Å². The molecule has 6 heteroatoms. The fourth-order valence-corrected chi connectivity index (χ4v) is 6.08. The van der Waals surface area contributed by atoms with E-state index in [-0.39, 0.29) is 0 Å². The van der Waals surface area contributed by atoms with Crippen molar-refractivity contribution in [2.24, 2.45) is 0 Å². The van der Waals surface area contributed by atoms with E-state index in [1.807, 2.05) is 0 Å². The minimum atomic E-state index is 0.892. The van der Waals surface area contributed by atoms with Crippen LogP contribution in [-0.2, 0) is 33.1 Å². The molecule has 0 aromatic heterocycles. The lowest BCUT2D eigenvalue weighted by atomic mass is 9.88. The second-order valence-electron chi connectivity index (χ2n) is 3.98. The van der Waals surface area contributed by atoms with Crippen LogP contribution in [0, 0.1) is 0 Å². The summed E-state index contributed by atoms with van der Waals surface area (Å²) in [6.07, 6.45) is 1.06. The average Bonchev–Trinajstić information content (AvgIpc) is 2.45. The van der Waals surface area contributed by atoms with Crippen molar-refractivity contribution >= 4 is 95.6 Å². The lowest BCUT2D eigenvalue weighted by Crippen LogP contribution is -2.10. The van der Waals surface area contributed by atoms with E-state index in [1.54, 1.807) is 0 Å². The molecule has 0 nitrogen and oxygen atoms in total. The summed E-state index contributed by atoms with van der Waals surface area (Å²) in [6.45, 7) is 0. The van der Waals surface area contributed by atoms with E-state index in [9.17, 15) is 0 Å². The molecule has 0 heterocycles. The number of benzene rings is 1. The van der Waals surface area contributed by atoms with Gasteiger partial charge in [0.2, 0.25) is 0 Å². The largest absolute Gasteiger partial charge is 0.0924 e. The van der Waals surface area contributed by atoms with Crippen LogP contribution in [-0.4, -0.2) is 5.33 Å². The quantitative estimate of drug-likeness (QED) is 0.277. The first-order chi connectivity index (χ1) is 9.19. The summed E-state index contributed by atoms with van der Waals surface area (Å²) in [6, 6.07) is 0. The van der Waals surface area contributed by atoms with Crippen molar-refractivity contribution in [3.05, 3.63) is 33.4 Å². The number of hydrogen-bond donors (Lipinski definition) is 0. The number of halogens is 6. The van der Waals surface area contributed by atoms with E-state index >= 15 is 0 Å². The van der Waals surface area contributed by atoms with Crippen LogP contribution in [0.2, 0.25) is 0 Å². The molecular formula is C13H14Br6. The maximum atomic E-state index is 3.66. The summed E-state index contributed by atoms with van der Waals surface area (Å²) in [4.78, 5) is 0. The molecule has 0 radical (unpaired) electrons. The molecule has 0 saturated carbocycles. The Morgan fingerprint density at radius 1 is 0.421 bits per heavy atom. The minimum Gasteiger partial charge on any atom is -0.0924 e. The van der Waals surface area contributed by atoms with Crippen LogP contribution in [0.5, 0.6) is 0 Å². The number of rotatable bonds is 7. The van der Waals surface area contributed by atoms with Gasteiger partial charge < -0.3 is 0 Å². The lowest BCUT2D eigenvalue weighted by molar-refractivity contribution is 1.03. The summed E-state index contributed by atoms with van der Waals surface area (Å²) in [5.41, 5.74) is 8.60. The minimum absolute atomic E-state index is 0.892. The summed E-state index contributed by atoms with van der Waals surface area (Å²) >= 11 is 21.9. The van der Waals surface area contributed by atoms with Gasteiger partial charge in [-0.2, -0.15) is 0 Å². The summed E-state index contributed by atoms with van der Waals surface area (Å²) in [5.74, 6) is 0. The SMILES string of the molecule is BrCCc1c(CBr)c(CBr)c(CBr)c(CBr)c1CBr. The first-order valence-corrected chi connectivity index (χ1v) is 12.5. The Morgan fingerprint density at radius 2 is 0.684 bits per heavy atom. The van der Waals surface area contributed by atoms with Gasteiger partial charge in [-0.15, -0.1) is 0 Å². The third-order valence-corrected chi connectivity index (χ3v) is 6.40. The van der Waals surface area contributed by atoms with E-state index in [2.05, 4.69) is 95.6 Å². The Hall–Kier alpha value is 2.10. The van der Waals surface area contributed by atoms with Crippen LogP contribution in [0.15, 0.2) is 0 Å². The Balaban J connectivity index is 3.68. The topological polar surface area (TPSA) is 0 Å². The van der Waals surface area contributed by atoms with Crippen molar-refractivity contribution in [2.45, 2.75) is 33.1 Å². The predicted molar refractivity (Wildman–Crippen MR) is 107 cm³/mol. The van der Waals surface area contributed by atoms with Crippen LogP contribution in [0.3, 0.4) is 0 Å². The van der Waals surface area contributed by atoms with Gasteiger partial charge in [-0.1, -0.05) is 95.6 Å². The van der Waals surface area contributed by atoms with Crippen LogP contribution < -0.4 is 0 Å². The normalized spacial score (nSPS) is 11.1. The third-order valence-electron chi connectivity index (χ3n) is 3.20. The van der Waals surface area contributed by atoms with Crippen LogP contribution >= 0.6 is 95.6 Å². The first kappa shape index (κ1) is 19.1. The molecule has 0 spiro atoms. The Bertz CT molecular complexity index is 397. The Kier molecular flexibility index (Phi) is 10.1. The van der Waals surface area contributed by atoms with Gasteiger partial charge >= 0.3 is 0 Å². The molecule has 0 saturated heterocycles. The molecule has 0 aliphatic heterocycles. The maximum Gasteiger partial charge on any atom is 0.0289 e. The summed E-state index contributed by atoms with van der Waals surface area (Å²) in [7, 11) is 0. The van der Waals surface area contributed by atoms with Crippen LogP contribution in [0.1, 0.15) is 33.4 Å². The Labute approximate surface area is 165 Å². The van der Waals surface area contributed by atoms with Gasteiger partial charge in [0.25, 0.3) is 0 Å². The highest BCUT2D eigenvalue weighted by Gasteiger charge is 2.20.